The highest BCUT2D eigenvalue weighted by Gasteiger charge is 2.03. The number of aromatic nitrogens is 1. The molecule has 7 heteroatoms. The summed E-state index contributed by atoms with van der Waals surface area (Å²) in [6.45, 7) is -0.0782. The maximum atomic E-state index is 10.1. The zero-order chi connectivity index (χ0) is 10.4. The molecule has 0 saturated carbocycles. The molecule has 78 valence electrons. The minimum absolute atomic E-state index is 0.0383. The highest BCUT2D eigenvalue weighted by molar-refractivity contribution is 5.64. The Kier molecular flexibility index (Phi) is 3.74. The van der Waals surface area contributed by atoms with Crippen LogP contribution in [0.5, 0.6) is 5.88 Å². The summed E-state index contributed by atoms with van der Waals surface area (Å²) >= 11 is 0. The standard InChI is InChI=1S/C7H10N2O5/c8-7(11)13-2-1-12-6-3-5(4-10)14-9-6/h3,10H,1-2,4H2,(H2,8,11). The molecular weight excluding hydrogens is 192 g/mol. The van der Waals surface area contributed by atoms with Crippen LogP contribution in [-0.2, 0) is 11.3 Å². The highest BCUT2D eigenvalue weighted by Crippen LogP contribution is 2.10. The molecule has 0 aromatic carbocycles. The van der Waals surface area contributed by atoms with Crippen molar-refractivity contribution in [3.8, 4) is 5.88 Å². The van der Waals surface area contributed by atoms with Crippen LogP contribution >= 0.6 is 0 Å². The summed E-state index contributed by atoms with van der Waals surface area (Å²) in [5, 5.41) is 12.1. The number of rotatable bonds is 5. The molecule has 14 heavy (non-hydrogen) atoms. The second-order valence-corrected chi connectivity index (χ2v) is 2.31. The third-order valence-corrected chi connectivity index (χ3v) is 1.27. The van der Waals surface area contributed by atoms with E-state index in [1.54, 1.807) is 0 Å². The third kappa shape index (κ3) is 3.31. The Balaban J connectivity index is 2.21. The van der Waals surface area contributed by atoms with Crippen molar-refractivity contribution in [1.29, 1.82) is 0 Å². The van der Waals surface area contributed by atoms with Crippen molar-refractivity contribution in [1.82, 2.24) is 5.16 Å². The number of amides is 1. The van der Waals surface area contributed by atoms with Gasteiger partial charge in [-0.2, -0.15) is 0 Å². The molecule has 0 unspecified atom stereocenters. The van der Waals surface area contributed by atoms with E-state index in [-0.39, 0.29) is 25.7 Å². The summed E-state index contributed by atoms with van der Waals surface area (Å²) in [5.41, 5.74) is 4.71. The SMILES string of the molecule is NC(=O)OCCOc1cc(CO)on1. The Morgan fingerprint density at radius 1 is 1.64 bits per heavy atom. The van der Waals surface area contributed by atoms with Gasteiger partial charge < -0.3 is 24.8 Å². The molecule has 0 aliphatic carbocycles. The molecule has 0 fully saturated rings. The Bertz CT molecular complexity index is 298. The first kappa shape index (κ1) is 10.3. The van der Waals surface area contributed by atoms with E-state index >= 15 is 0 Å². The summed E-state index contributed by atoms with van der Waals surface area (Å²) in [4.78, 5) is 10.1. The van der Waals surface area contributed by atoms with Crippen LogP contribution in [0.3, 0.4) is 0 Å². The number of carbonyl (C=O) groups is 1. The summed E-state index contributed by atoms with van der Waals surface area (Å²) in [7, 11) is 0. The van der Waals surface area contributed by atoms with E-state index in [1.807, 2.05) is 0 Å². The van der Waals surface area contributed by atoms with Crippen molar-refractivity contribution in [2.75, 3.05) is 13.2 Å². The second-order valence-electron chi connectivity index (χ2n) is 2.31. The molecule has 1 aromatic rings. The van der Waals surface area contributed by atoms with Crippen molar-refractivity contribution >= 4 is 6.09 Å². The van der Waals surface area contributed by atoms with Gasteiger partial charge in [0, 0.05) is 6.07 Å². The van der Waals surface area contributed by atoms with E-state index < -0.39 is 6.09 Å². The number of hydrogen-bond acceptors (Lipinski definition) is 6. The fourth-order valence-corrected chi connectivity index (χ4v) is 0.725. The Hall–Kier alpha value is -1.76. The van der Waals surface area contributed by atoms with Crippen molar-refractivity contribution in [2.24, 2.45) is 5.73 Å². The molecule has 1 rings (SSSR count). The van der Waals surface area contributed by atoms with Crippen molar-refractivity contribution < 1.29 is 23.9 Å². The molecule has 0 atom stereocenters. The molecule has 1 heterocycles. The molecule has 1 aromatic heterocycles. The molecule has 0 spiro atoms. The maximum Gasteiger partial charge on any atom is 0.404 e. The number of primary amides is 1. The number of nitrogens with two attached hydrogens (primary N) is 1. The highest BCUT2D eigenvalue weighted by atomic mass is 16.6. The lowest BCUT2D eigenvalue weighted by molar-refractivity contribution is 0.130. The van der Waals surface area contributed by atoms with Crippen LogP contribution in [-0.4, -0.2) is 29.6 Å². The van der Waals surface area contributed by atoms with Crippen molar-refractivity contribution in [3.63, 3.8) is 0 Å². The van der Waals surface area contributed by atoms with Gasteiger partial charge in [-0.05, 0) is 5.16 Å². The van der Waals surface area contributed by atoms with E-state index in [2.05, 4.69) is 14.4 Å². The summed E-state index contributed by atoms with van der Waals surface area (Å²) in [6.07, 6.45) is -0.857. The van der Waals surface area contributed by atoms with E-state index in [0.29, 0.717) is 5.76 Å². The van der Waals surface area contributed by atoms with E-state index in [9.17, 15) is 4.79 Å². The molecule has 0 bridgehead atoms. The number of hydrogen-bond donors (Lipinski definition) is 2. The molecule has 0 radical (unpaired) electrons. The minimum Gasteiger partial charge on any atom is -0.472 e. The van der Waals surface area contributed by atoms with Crippen LogP contribution < -0.4 is 10.5 Å². The van der Waals surface area contributed by atoms with Gasteiger partial charge in [-0.3, -0.25) is 0 Å². The Labute approximate surface area is 79.4 Å². The fourth-order valence-electron chi connectivity index (χ4n) is 0.725. The zero-order valence-electron chi connectivity index (χ0n) is 7.30. The van der Waals surface area contributed by atoms with Gasteiger partial charge in [-0.1, -0.05) is 0 Å². The van der Waals surface area contributed by atoms with Gasteiger partial charge in [0.1, 0.15) is 19.8 Å². The average Bonchev–Trinajstić information content (AvgIpc) is 2.60. The lowest BCUT2D eigenvalue weighted by atomic mass is 10.5. The van der Waals surface area contributed by atoms with Gasteiger partial charge in [-0.25, -0.2) is 4.79 Å². The van der Waals surface area contributed by atoms with E-state index in [4.69, 9.17) is 15.6 Å². The predicted octanol–water partition coefficient (Wildman–Crippen LogP) is -0.359. The molecular formula is C7H10N2O5. The van der Waals surface area contributed by atoms with Crippen LogP contribution in [0.15, 0.2) is 10.6 Å². The first-order valence-electron chi connectivity index (χ1n) is 3.84. The number of aliphatic hydroxyl groups is 1. The van der Waals surface area contributed by atoms with Gasteiger partial charge in [0.05, 0.1) is 0 Å². The lowest BCUT2D eigenvalue weighted by Gasteiger charge is -2.00. The maximum absolute atomic E-state index is 10.1. The Morgan fingerprint density at radius 2 is 2.43 bits per heavy atom. The predicted molar refractivity (Wildman–Crippen MR) is 43.5 cm³/mol. The fraction of sp³-hybridized carbons (Fsp3) is 0.429. The molecule has 0 aliphatic heterocycles. The quantitative estimate of drug-likeness (QED) is 0.631. The third-order valence-electron chi connectivity index (χ3n) is 1.27. The monoisotopic (exact) mass is 202 g/mol. The number of aliphatic hydroxyl groups excluding tert-OH is 1. The molecule has 1 amide bonds. The van der Waals surface area contributed by atoms with Crippen LogP contribution in [0.4, 0.5) is 4.79 Å². The van der Waals surface area contributed by atoms with Crippen LogP contribution in [0.25, 0.3) is 0 Å². The summed E-state index contributed by atoms with van der Waals surface area (Å²) in [6, 6.07) is 1.43. The molecule has 0 aliphatic rings. The van der Waals surface area contributed by atoms with Gasteiger partial charge in [-0.15, -0.1) is 0 Å². The van der Waals surface area contributed by atoms with E-state index in [1.165, 1.54) is 6.07 Å². The second kappa shape index (κ2) is 5.07. The normalized spacial score (nSPS) is 9.79. The number of ether oxygens (including phenoxy) is 2. The summed E-state index contributed by atoms with van der Waals surface area (Å²) in [5.74, 6) is 0.526. The van der Waals surface area contributed by atoms with Crippen molar-refractivity contribution in [2.45, 2.75) is 6.61 Å². The van der Waals surface area contributed by atoms with Gasteiger partial charge in [0.2, 0.25) is 0 Å². The largest absolute Gasteiger partial charge is 0.472 e. The number of carbonyl (C=O) groups excluding carboxylic acids is 1. The smallest absolute Gasteiger partial charge is 0.404 e. The average molecular weight is 202 g/mol. The first-order valence-corrected chi connectivity index (χ1v) is 3.84. The minimum atomic E-state index is -0.857. The Morgan fingerprint density at radius 3 is 3.00 bits per heavy atom. The zero-order valence-corrected chi connectivity index (χ0v) is 7.30. The summed E-state index contributed by atoms with van der Waals surface area (Å²) < 4.78 is 14.0. The van der Waals surface area contributed by atoms with Crippen molar-refractivity contribution in [3.05, 3.63) is 11.8 Å². The van der Waals surface area contributed by atoms with Gasteiger partial charge in [0.15, 0.2) is 5.76 Å². The van der Waals surface area contributed by atoms with Crippen LogP contribution in [0.1, 0.15) is 5.76 Å². The van der Waals surface area contributed by atoms with Gasteiger partial charge >= 0.3 is 6.09 Å². The van der Waals surface area contributed by atoms with Crippen LogP contribution in [0, 0.1) is 0 Å². The molecule has 7 nitrogen and oxygen atoms in total. The van der Waals surface area contributed by atoms with E-state index in [0.717, 1.165) is 0 Å². The van der Waals surface area contributed by atoms with Gasteiger partial charge in [0.25, 0.3) is 5.88 Å². The number of nitrogens with zero attached hydrogens (tertiary/aromatic N) is 1. The molecule has 3 N–H and O–H groups in total. The first-order chi connectivity index (χ1) is 6.72. The molecule has 0 saturated heterocycles. The van der Waals surface area contributed by atoms with Crippen LogP contribution in [0.2, 0.25) is 0 Å². The topological polar surface area (TPSA) is 108 Å². The lowest BCUT2D eigenvalue weighted by Crippen LogP contribution is -2.17.